The lowest BCUT2D eigenvalue weighted by molar-refractivity contribution is 0.0383. The molecule has 8 heteroatoms. The van der Waals surface area contributed by atoms with Gasteiger partial charge in [-0.3, -0.25) is 0 Å². The zero-order chi connectivity index (χ0) is 17.4. The third-order valence-corrected chi connectivity index (χ3v) is 5.41. The number of aryl methyl sites for hydroxylation is 1. The Morgan fingerprint density at radius 1 is 1.25 bits per heavy atom. The molecule has 2 aromatic rings. The van der Waals surface area contributed by atoms with Crippen LogP contribution in [0.5, 0.6) is 0 Å². The van der Waals surface area contributed by atoms with Crippen molar-refractivity contribution in [2.75, 3.05) is 38.1 Å². The first kappa shape index (κ1) is 17.4. The van der Waals surface area contributed by atoms with E-state index in [4.69, 9.17) is 16.3 Å². The molecule has 0 saturated carbocycles. The van der Waals surface area contributed by atoms with E-state index in [2.05, 4.69) is 26.8 Å². The molecule has 1 aliphatic heterocycles. The highest BCUT2D eigenvalue weighted by molar-refractivity contribution is 7.20. The van der Waals surface area contributed by atoms with Crippen LogP contribution in [0.15, 0.2) is 0 Å². The standard InChI is InChI=1S/C16H21ClN4O2S/c1-9(2)23-15(22)12-10(3)11-13(18-16(17)19-14(11)24-12)21-7-5-20(4)6-8-21/h9H,5-8H2,1-4H3. The summed E-state index contributed by atoms with van der Waals surface area (Å²) >= 11 is 7.45. The number of anilines is 1. The van der Waals surface area contributed by atoms with Gasteiger partial charge in [0.15, 0.2) is 0 Å². The first-order valence-corrected chi connectivity index (χ1v) is 9.17. The molecule has 0 amide bonds. The van der Waals surface area contributed by atoms with Gasteiger partial charge in [0.1, 0.15) is 15.5 Å². The third-order valence-electron chi connectivity index (χ3n) is 4.07. The second-order valence-corrected chi connectivity index (χ2v) is 7.63. The Labute approximate surface area is 150 Å². The lowest BCUT2D eigenvalue weighted by Crippen LogP contribution is -2.45. The van der Waals surface area contributed by atoms with Crippen molar-refractivity contribution in [3.8, 4) is 0 Å². The molecule has 130 valence electrons. The summed E-state index contributed by atoms with van der Waals surface area (Å²) < 4.78 is 5.35. The number of fused-ring (bicyclic) bond motifs is 1. The maximum Gasteiger partial charge on any atom is 0.348 e. The second-order valence-electron chi connectivity index (χ2n) is 6.30. The summed E-state index contributed by atoms with van der Waals surface area (Å²) in [5.74, 6) is 0.501. The highest BCUT2D eigenvalue weighted by Crippen LogP contribution is 2.37. The Kier molecular flexibility index (Phi) is 4.94. The van der Waals surface area contributed by atoms with E-state index in [1.807, 2.05) is 20.8 Å². The van der Waals surface area contributed by atoms with Gasteiger partial charge in [-0.05, 0) is 45.0 Å². The molecule has 0 radical (unpaired) electrons. The van der Waals surface area contributed by atoms with E-state index in [1.165, 1.54) is 11.3 Å². The van der Waals surface area contributed by atoms with Crippen LogP contribution in [-0.2, 0) is 4.74 Å². The quantitative estimate of drug-likeness (QED) is 0.613. The SMILES string of the molecule is Cc1c(C(=O)OC(C)C)sc2nc(Cl)nc(N3CCN(C)CC3)c12. The normalized spacial score (nSPS) is 16.2. The van der Waals surface area contributed by atoms with Crippen LogP contribution >= 0.6 is 22.9 Å². The maximum atomic E-state index is 12.3. The maximum absolute atomic E-state index is 12.3. The fourth-order valence-electron chi connectivity index (χ4n) is 2.80. The van der Waals surface area contributed by atoms with Crippen molar-refractivity contribution < 1.29 is 9.53 Å². The van der Waals surface area contributed by atoms with E-state index in [1.54, 1.807) is 0 Å². The summed E-state index contributed by atoms with van der Waals surface area (Å²) in [5.41, 5.74) is 0.867. The number of esters is 1. The summed E-state index contributed by atoms with van der Waals surface area (Å²) in [7, 11) is 2.11. The molecule has 6 nitrogen and oxygen atoms in total. The number of thiophene rings is 1. The molecule has 24 heavy (non-hydrogen) atoms. The van der Waals surface area contributed by atoms with Crippen LogP contribution in [0, 0.1) is 6.92 Å². The Morgan fingerprint density at radius 2 is 1.92 bits per heavy atom. The fraction of sp³-hybridized carbons (Fsp3) is 0.562. The van der Waals surface area contributed by atoms with Crippen molar-refractivity contribution in [1.82, 2.24) is 14.9 Å². The van der Waals surface area contributed by atoms with Crippen molar-refractivity contribution in [2.45, 2.75) is 26.9 Å². The van der Waals surface area contributed by atoms with Crippen LogP contribution in [0.2, 0.25) is 5.28 Å². The van der Waals surface area contributed by atoms with Gasteiger partial charge in [0.2, 0.25) is 5.28 Å². The fourth-order valence-corrected chi connectivity index (χ4v) is 4.07. The molecule has 3 heterocycles. The number of carbonyl (C=O) groups excluding carboxylic acids is 1. The van der Waals surface area contributed by atoms with Crippen molar-refractivity contribution in [3.05, 3.63) is 15.7 Å². The molecule has 3 rings (SSSR count). The number of rotatable bonds is 3. The highest BCUT2D eigenvalue weighted by Gasteiger charge is 2.25. The molecule has 0 atom stereocenters. The van der Waals surface area contributed by atoms with Gasteiger partial charge >= 0.3 is 5.97 Å². The minimum absolute atomic E-state index is 0.158. The predicted molar refractivity (Wildman–Crippen MR) is 97.4 cm³/mol. The smallest absolute Gasteiger partial charge is 0.348 e. The number of halogens is 1. The average Bonchev–Trinajstić information content (AvgIpc) is 2.83. The molecule has 1 saturated heterocycles. The number of aromatic nitrogens is 2. The van der Waals surface area contributed by atoms with Crippen LogP contribution < -0.4 is 4.90 Å². The molecular formula is C16H21ClN4O2S. The highest BCUT2D eigenvalue weighted by atomic mass is 35.5. The Balaban J connectivity index is 2.06. The molecule has 2 aromatic heterocycles. The summed E-state index contributed by atoms with van der Waals surface area (Å²) in [6.45, 7) is 9.29. The van der Waals surface area contributed by atoms with Gasteiger partial charge in [-0.2, -0.15) is 4.98 Å². The van der Waals surface area contributed by atoms with E-state index in [0.29, 0.717) is 4.88 Å². The van der Waals surface area contributed by atoms with Crippen molar-refractivity contribution >= 4 is 44.9 Å². The van der Waals surface area contributed by atoms with Gasteiger partial charge in [-0.1, -0.05) is 0 Å². The zero-order valence-corrected chi connectivity index (χ0v) is 15.9. The van der Waals surface area contributed by atoms with Gasteiger partial charge in [-0.25, -0.2) is 9.78 Å². The van der Waals surface area contributed by atoms with Crippen molar-refractivity contribution in [3.63, 3.8) is 0 Å². The van der Waals surface area contributed by atoms with Gasteiger partial charge < -0.3 is 14.5 Å². The Bertz CT molecular complexity index is 769. The van der Waals surface area contributed by atoms with Crippen LogP contribution in [0.1, 0.15) is 29.1 Å². The van der Waals surface area contributed by atoms with E-state index in [0.717, 1.165) is 47.8 Å². The van der Waals surface area contributed by atoms with E-state index < -0.39 is 0 Å². The Morgan fingerprint density at radius 3 is 2.54 bits per heavy atom. The lowest BCUT2D eigenvalue weighted by atomic mass is 10.2. The van der Waals surface area contributed by atoms with E-state index >= 15 is 0 Å². The monoisotopic (exact) mass is 368 g/mol. The molecule has 0 bridgehead atoms. The number of hydrogen-bond donors (Lipinski definition) is 0. The number of piperazine rings is 1. The minimum Gasteiger partial charge on any atom is -0.459 e. The van der Waals surface area contributed by atoms with Crippen LogP contribution in [0.3, 0.4) is 0 Å². The molecule has 0 N–H and O–H groups in total. The van der Waals surface area contributed by atoms with Crippen molar-refractivity contribution in [1.29, 1.82) is 0 Å². The lowest BCUT2D eigenvalue weighted by Gasteiger charge is -2.33. The number of likely N-dealkylation sites (N-methyl/N-ethyl adjacent to an activating group) is 1. The molecule has 0 aliphatic carbocycles. The molecule has 0 aromatic carbocycles. The number of ether oxygens (including phenoxy) is 1. The second kappa shape index (κ2) is 6.82. The van der Waals surface area contributed by atoms with Gasteiger partial charge in [0, 0.05) is 26.2 Å². The van der Waals surface area contributed by atoms with Crippen LogP contribution in [-0.4, -0.2) is 60.2 Å². The average molecular weight is 369 g/mol. The first-order chi connectivity index (χ1) is 11.4. The third kappa shape index (κ3) is 3.34. The van der Waals surface area contributed by atoms with Gasteiger partial charge in [0.05, 0.1) is 11.5 Å². The minimum atomic E-state index is -0.314. The first-order valence-electron chi connectivity index (χ1n) is 7.98. The molecule has 0 spiro atoms. The molecule has 1 aliphatic rings. The number of hydrogen-bond acceptors (Lipinski definition) is 7. The molecule has 0 unspecified atom stereocenters. The van der Waals surface area contributed by atoms with E-state index in [9.17, 15) is 4.79 Å². The summed E-state index contributed by atoms with van der Waals surface area (Å²) in [5, 5.41) is 1.12. The van der Waals surface area contributed by atoms with Gasteiger partial charge in [0.25, 0.3) is 0 Å². The predicted octanol–water partition coefficient (Wildman–Crippen LogP) is 2.97. The molecular weight excluding hydrogens is 348 g/mol. The van der Waals surface area contributed by atoms with Crippen LogP contribution in [0.4, 0.5) is 5.82 Å². The topological polar surface area (TPSA) is 58.6 Å². The number of nitrogens with zero attached hydrogens (tertiary/aromatic N) is 4. The van der Waals surface area contributed by atoms with Crippen LogP contribution in [0.25, 0.3) is 10.2 Å². The number of carbonyl (C=O) groups is 1. The largest absolute Gasteiger partial charge is 0.459 e. The van der Waals surface area contributed by atoms with Gasteiger partial charge in [-0.15, -0.1) is 11.3 Å². The summed E-state index contributed by atoms with van der Waals surface area (Å²) in [4.78, 5) is 26.9. The Hall–Kier alpha value is -1.44. The van der Waals surface area contributed by atoms with Crippen molar-refractivity contribution in [2.24, 2.45) is 0 Å². The summed E-state index contributed by atoms with van der Waals surface area (Å²) in [6, 6.07) is 0. The summed E-state index contributed by atoms with van der Waals surface area (Å²) in [6.07, 6.45) is -0.158. The van der Waals surface area contributed by atoms with E-state index in [-0.39, 0.29) is 17.4 Å². The zero-order valence-electron chi connectivity index (χ0n) is 14.3. The molecule has 1 fully saturated rings.